The lowest BCUT2D eigenvalue weighted by atomic mass is 9.74. The second-order valence-corrected chi connectivity index (χ2v) is 10.3. The van der Waals surface area contributed by atoms with Crippen molar-refractivity contribution in [2.45, 2.75) is 63.8 Å². The van der Waals surface area contributed by atoms with Gasteiger partial charge in [0.1, 0.15) is 30.7 Å². The Hall–Kier alpha value is -2.48. The second kappa shape index (κ2) is 10.9. The van der Waals surface area contributed by atoms with Crippen molar-refractivity contribution in [3.63, 3.8) is 0 Å². The van der Waals surface area contributed by atoms with E-state index < -0.39 is 18.3 Å². The first kappa shape index (κ1) is 25.2. The van der Waals surface area contributed by atoms with E-state index >= 15 is 0 Å². The molecule has 2 aliphatic heterocycles. The third-order valence-electron chi connectivity index (χ3n) is 7.97. The van der Waals surface area contributed by atoms with Crippen LogP contribution in [0.4, 0.5) is 0 Å². The molecule has 1 fully saturated rings. The summed E-state index contributed by atoms with van der Waals surface area (Å²) in [5.41, 5.74) is 6.21. The van der Waals surface area contributed by atoms with Gasteiger partial charge in [0.25, 0.3) is 0 Å². The number of aliphatic hydroxyl groups excluding tert-OH is 3. The van der Waals surface area contributed by atoms with E-state index in [1.54, 1.807) is 0 Å². The van der Waals surface area contributed by atoms with Crippen molar-refractivity contribution in [3.05, 3.63) is 88.5 Å². The summed E-state index contributed by atoms with van der Waals surface area (Å²) in [6.07, 6.45) is 2.44. The summed E-state index contributed by atoms with van der Waals surface area (Å²) in [7, 11) is 0. The Balaban J connectivity index is 1.21. The van der Waals surface area contributed by atoms with Crippen molar-refractivity contribution in [1.29, 1.82) is 0 Å². The predicted molar refractivity (Wildman–Crippen MR) is 136 cm³/mol. The molecule has 0 radical (unpaired) electrons. The molecule has 5 rings (SSSR count). The fraction of sp³-hybridized carbons (Fsp3) is 0.467. The minimum absolute atomic E-state index is 0.0347. The molecule has 3 N–H and O–H groups in total. The third-order valence-corrected chi connectivity index (χ3v) is 7.97. The van der Waals surface area contributed by atoms with Gasteiger partial charge in [0.05, 0.1) is 25.4 Å². The van der Waals surface area contributed by atoms with Gasteiger partial charge < -0.3 is 29.5 Å². The highest BCUT2D eigenvalue weighted by atomic mass is 16.5. The van der Waals surface area contributed by atoms with Crippen LogP contribution in [0.1, 0.15) is 43.1 Å². The van der Waals surface area contributed by atoms with Gasteiger partial charge in [-0.3, -0.25) is 0 Å². The molecule has 1 aliphatic carbocycles. The van der Waals surface area contributed by atoms with E-state index in [-0.39, 0.29) is 30.7 Å². The number of aliphatic hydroxyl groups is 3. The highest BCUT2D eigenvalue weighted by Crippen LogP contribution is 2.39. The summed E-state index contributed by atoms with van der Waals surface area (Å²) in [4.78, 5) is 0. The second-order valence-electron chi connectivity index (χ2n) is 10.3. The molecular weight excluding hydrogens is 456 g/mol. The molecule has 2 aromatic rings. The van der Waals surface area contributed by atoms with Crippen LogP contribution < -0.4 is 4.74 Å². The topological polar surface area (TPSA) is 88.4 Å². The number of ether oxygens (including phenoxy) is 3. The third kappa shape index (κ3) is 5.15. The number of allylic oxidation sites excluding steroid dienone is 3. The minimum atomic E-state index is -1.05. The van der Waals surface area contributed by atoms with Crippen LogP contribution in [-0.4, -0.2) is 52.9 Å². The maximum atomic E-state index is 10.3. The van der Waals surface area contributed by atoms with Gasteiger partial charge in [0, 0.05) is 12.3 Å². The van der Waals surface area contributed by atoms with Crippen LogP contribution >= 0.6 is 0 Å². The monoisotopic (exact) mass is 492 g/mol. The quantitative estimate of drug-likeness (QED) is 0.544. The molecular formula is C30H36O6. The zero-order chi connectivity index (χ0) is 25.2. The van der Waals surface area contributed by atoms with Gasteiger partial charge in [0.15, 0.2) is 0 Å². The molecule has 2 aromatic carbocycles. The normalized spacial score (nSPS) is 32.0. The Morgan fingerprint density at radius 3 is 2.61 bits per heavy atom. The van der Waals surface area contributed by atoms with E-state index in [0.29, 0.717) is 19.6 Å². The van der Waals surface area contributed by atoms with E-state index in [4.69, 9.17) is 14.2 Å². The average Bonchev–Trinajstić information content (AvgIpc) is 3.31. The largest absolute Gasteiger partial charge is 0.491 e. The lowest BCUT2D eigenvalue weighted by Gasteiger charge is -2.42. The van der Waals surface area contributed by atoms with Crippen LogP contribution in [0, 0.1) is 11.8 Å². The number of benzene rings is 2. The Labute approximate surface area is 212 Å². The molecule has 0 amide bonds. The number of hydrogen-bond acceptors (Lipinski definition) is 6. The Morgan fingerprint density at radius 2 is 1.83 bits per heavy atom. The molecule has 2 unspecified atom stereocenters. The van der Waals surface area contributed by atoms with Gasteiger partial charge in [-0.1, -0.05) is 66.6 Å². The standard InChI is InChI=1S/C30H36O6/c1-18-7-12-23(27-14-26(32)30(33)28(15-31)36-27)19(2)25(18)13-20-8-10-22(11-9-20)34-17-29-24-6-4-3-5-21(24)16-35-29/h3-12,19,23,26-33H,13-17H2,1-2H3/t19?,23?,26-,27-,28-,29+,30+/m1/s1. The lowest BCUT2D eigenvalue weighted by molar-refractivity contribution is -0.190. The van der Waals surface area contributed by atoms with E-state index in [1.165, 1.54) is 27.8 Å². The summed E-state index contributed by atoms with van der Waals surface area (Å²) >= 11 is 0. The van der Waals surface area contributed by atoms with Crippen molar-refractivity contribution in [2.24, 2.45) is 11.8 Å². The first-order valence-electron chi connectivity index (χ1n) is 12.9. The minimum Gasteiger partial charge on any atom is -0.491 e. The Kier molecular flexibility index (Phi) is 7.60. The summed E-state index contributed by atoms with van der Waals surface area (Å²) in [5, 5.41) is 30.0. The molecule has 1 saturated heterocycles. The van der Waals surface area contributed by atoms with Gasteiger partial charge in [-0.25, -0.2) is 0 Å². The number of hydrogen-bond donors (Lipinski definition) is 3. The molecule has 192 valence electrons. The lowest BCUT2D eigenvalue weighted by Crippen LogP contribution is -2.52. The van der Waals surface area contributed by atoms with E-state index in [1.807, 2.05) is 24.3 Å². The summed E-state index contributed by atoms with van der Waals surface area (Å²) in [6.45, 7) is 5.14. The molecule has 0 saturated carbocycles. The van der Waals surface area contributed by atoms with E-state index in [9.17, 15) is 15.3 Å². The fourth-order valence-corrected chi connectivity index (χ4v) is 5.74. The van der Waals surface area contributed by atoms with Gasteiger partial charge in [-0.05, 0) is 48.1 Å². The molecule has 36 heavy (non-hydrogen) atoms. The highest BCUT2D eigenvalue weighted by molar-refractivity contribution is 5.38. The summed E-state index contributed by atoms with van der Waals surface area (Å²) < 4.78 is 17.9. The number of rotatable bonds is 7. The van der Waals surface area contributed by atoms with Crippen molar-refractivity contribution in [1.82, 2.24) is 0 Å². The zero-order valence-corrected chi connectivity index (χ0v) is 20.9. The van der Waals surface area contributed by atoms with Gasteiger partial charge >= 0.3 is 0 Å². The Bertz CT molecular complexity index is 1110. The van der Waals surface area contributed by atoms with Crippen molar-refractivity contribution < 1.29 is 29.5 Å². The average molecular weight is 493 g/mol. The van der Waals surface area contributed by atoms with Gasteiger partial charge in [-0.2, -0.15) is 0 Å². The highest BCUT2D eigenvalue weighted by Gasteiger charge is 2.41. The fourth-order valence-electron chi connectivity index (χ4n) is 5.74. The SMILES string of the molecule is CC1=C(Cc2ccc(OC[C@@H]3OCc4ccccc43)cc2)C(C)C([C@H]2C[C@@H](O)[C@H](O)[C@@H](CO)O2)C=C1. The number of fused-ring (bicyclic) bond motifs is 1. The van der Waals surface area contributed by atoms with Crippen LogP contribution in [0.5, 0.6) is 5.75 Å². The predicted octanol–water partition coefficient (Wildman–Crippen LogP) is 3.89. The molecule has 6 nitrogen and oxygen atoms in total. The molecule has 7 atom stereocenters. The first-order chi connectivity index (χ1) is 17.4. The summed E-state index contributed by atoms with van der Waals surface area (Å²) in [5.74, 6) is 1.10. The smallest absolute Gasteiger partial charge is 0.119 e. The molecule has 3 aliphatic rings. The van der Waals surface area contributed by atoms with Crippen LogP contribution in [0.3, 0.4) is 0 Å². The molecule has 0 spiro atoms. The molecule has 6 heteroatoms. The van der Waals surface area contributed by atoms with Gasteiger partial charge in [0.2, 0.25) is 0 Å². The Morgan fingerprint density at radius 1 is 1.06 bits per heavy atom. The summed E-state index contributed by atoms with van der Waals surface area (Å²) in [6, 6.07) is 16.5. The first-order valence-corrected chi connectivity index (χ1v) is 12.9. The van der Waals surface area contributed by atoms with Gasteiger partial charge in [-0.15, -0.1) is 0 Å². The van der Waals surface area contributed by atoms with E-state index in [2.05, 4.69) is 50.3 Å². The maximum absolute atomic E-state index is 10.3. The van der Waals surface area contributed by atoms with Crippen molar-refractivity contribution in [2.75, 3.05) is 13.2 Å². The van der Waals surface area contributed by atoms with Crippen molar-refractivity contribution in [3.8, 4) is 5.75 Å². The molecule has 0 aromatic heterocycles. The van der Waals surface area contributed by atoms with Crippen molar-refractivity contribution >= 4 is 0 Å². The van der Waals surface area contributed by atoms with Crippen LogP contribution in [-0.2, 0) is 22.5 Å². The van der Waals surface area contributed by atoms with E-state index in [0.717, 1.165) is 12.2 Å². The molecule has 2 heterocycles. The maximum Gasteiger partial charge on any atom is 0.119 e. The zero-order valence-electron chi connectivity index (χ0n) is 20.9. The molecule has 0 bridgehead atoms. The van der Waals surface area contributed by atoms with Crippen LogP contribution in [0.25, 0.3) is 0 Å². The van der Waals surface area contributed by atoms with Crippen LogP contribution in [0.2, 0.25) is 0 Å². The van der Waals surface area contributed by atoms with Crippen LogP contribution in [0.15, 0.2) is 71.8 Å².